The molecule has 1 unspecified atom stereocenters. The number of nitrogen functional groups attached to an aromatic ring is 1. The molecule has 0 spiro atoms. The van der Waals surface area contributed by atoms with E-state index in [1.165, 1.54) is 0 Å². The third-order valence-electron chi connectivity index (χ3n) is 3.14. The molecule has 4 heteroatoms. The fourth-order valence-corrected chi connectivity index (χ4v) is 2.03. The number of para-hydroxylation sites is 1. The molecule has 0 saturated carbocycles. The quantitative estimate of drug-likeness (QED) is 0.776. The highest BCUT2D eigenvalue weighted by atomic mass is 16.5. The molecule has 106 valence electrons. The summed E-state index contributed by atoms with van der Waals surface area (Å²) in [5.41, 5.74) is 6.86. The van der Waals surface area contributed by atoms with Crippen LogP contribution in [0.1, 0.15) is 44.5 Å². The molecule has 1 aromatic carbocycles. The number of amides is 1. The second kappa shape index (κ2) is 7.02. The van der Waals surface area contributed by atoms with Crippen LogP contribution in [0.25, 0.3) is 0 Å². The molecule has 1 aromatic rings. The van der Waals surface area contributed by atoms with Gasteiger partial charge in [0.1, 0.15) is 0 Å². The van der Waals surface area contributed by atoms with Gasteiger partial charge in [0.05, 0.1) is 17.9 Å². The molecule has 0 aromatic heterocycles. The van der Waals surface area contributed by atoms with E-state index >= 15 is 0 Å². The summed E-state index contributed by atoms with van der Waals surface area (Å²) in [6, 6.07) is 5.40. The Balaban J connectivity index is 2.96. The van der Waals surface area contributed by atoms with E-state index in [1.807, 2.05) is 6.92 Å². The zero-order valence-corrected chi connectivity index (χ0v) is 12.2. The van der Waals surface area contributed by atoms with Crippen LogP contribution in [-0.4, -0.2) is 18.6 Å². The van der Waals surface area contributed by atoms with Crippen molar-refractivity contribution in [1.82, 2.24) is 5.32 Å². The van der Waals surface area contributed by atoms with Gasteiger partial charge in [-0.1, -0.05) is 26.8 Å². The molecule has 0 bridgehead atoms. The molecule has 0 saturated heterocycles. The largest absolute Gasteiger partial charge is 0.491 e. The van der Waals surface area contributed by atoms with Crippen molar-refractivity contribution in [3.05, 3.63) is 23.8 Å². The fraction of sp³-hybridized carbons (Fsp3) is 0.533. The predicted octanol–water partition coefficient (Wildman–Crippen LogP) is 2.83. The van der Waals surface area contributed by atoms with Crippen LogP contribution in [0, 0.1) is 5.92 Å². The Bertz CT molecular complexity index is 430. The van der Waals surface area contributed by atoms with Gasteiger partial charge in [-0.05, 0) is 31.4 Å². The molecule has 3 N–H and O–H groups in total. The minimum absolute atomic E-state index is 0.128. The third kappa shape index (κ3) is 3.88. The minimum atomic E-state index is -0.128. The van der Waals surface area contributed by atoms with Gasteiger partial charge >= 0.3 is 0 Å². The first-order valence-electron chi connectivity index (χ1n) is 6.83. The molecule has 0 heterocycles. The second-order valence-electron chi connectivity index (χ2n) is 4.89. The van der Waals surface area contributed by atoms with Crippen LogP contribution in [0.3, 0.4) is 0 Å². The SMILES string of the molecule is CCOc1c(N)cccc1C(=O)NC(CC)C(C)C. The van der Waals surface area contributed by atoms with Crippen molar-refractivity contribution in [3.8, 4) is 5.75 Å². The lowest BCUT2D eigenvalue weighted by molar-refractivity contribution is 0.0921. The number of anilines is 1. The molecule has 0 radical (unpaired) electrons. The molecular formula is C15H24N2O2. The molecule has 4 nitrogen and oxygen atoms in total. The van der Waals surface area contributed by atoms with Gasteiger partial charge in [0.2, 0.25) is 0 Å². The van der Waals surface area contributed by atoms with E-state index in [9.17, 15) is 4.79 Å². The van der Waals surface area contributed by atoms with Gasteiger partial charge in [-0.3, -0.25) is 4.79 Å². The first-order chi connectivity index (χ1) is 9.01. The van der Waals surface area contributed by atoms with Crippen LogP contribution in [-0.2, 0) is 0 Å². The molecule has 1 rings (SSSR count). The van der Waals surface area contributed by atoms with Crippen LogP contribution in [0.5, 0.6) is 5.75 Å². The minimum Gasteiger partial charge on any atom is -0.491 e. The monoisotopic (exact) mass is 264 g/mol. The highest BCUT2D eigenvalue weighted by Gasteiger charge is 2.19. The van der Waals surface area contributed by atoms with Crippen LogP contribution in [0.4, 0.5) is 5.69 Å². The number of nitrogens with one attached hydrogen (secondary N) is 1. The Morgan fingerprint density at radius 3 is 2.58 bits per heavy atom. The Kier molecular flexibility index (Phi) is 5.67. The number of carbonyl (C=O) groups excluding carboxylic acids is 1. The Hall–Kier alpha value is -1.71. The summed E-state index contributed by atoms with van der Waals surface area (Å²) in [5.74, 6) is 0.739. The van der Waals surface area contributed by atoms with Crippen molar-refractivity contribution in [2.24, 2.45) is 5.92 Å². The molecule has 1 atom stereocenters. The van der Waals surface area contributed by atoms with Gasteiger partial charge in [0.15, 0.2) is 5.75 Å². The molecule has 1 amide bonds. The van der Waals surface area contributed by atoms with E-state index < -0.39 is 0 Å². The first kappa shape index (κ1) is 15.3. The molecule has 0 aliphatic carbocycles. The lowest BCUT2D eigenvalue weighted by atomic mass is 10.0. The Morgan fingerprint density at radius 1 is 1.37 bits per heavy atom. The van der Waals surface area contributed by atoms with Crippen LogP contribution >= 0.6 is 0 Å². The molecule has 19 heavy (non-hydrogen) atoms. The lowest BCUT2D eigenvalue weighted by Crippen LogP contribution is -2.38. The fourth-order valence-electron chi connectivity index (χ4n) is 2.03. The lowest BCUT2D eigenvalue weighted by Gasteiger charge is -2.21. The smallest absolute Gasteiger partial charge is 0.255 e. The maximum Gasteiger partial charge on any atom is 0.255 e. The summed E-state index contributed by atoms with van der Waals surface area (Å²) in [5, 5.41) is 3.03. The van der Waals surface area contributed by atoms with Crippen molar-refractivity contribution in [2.45, 2.75) is 40.2 Å². The van der Waals surface area contributed by atoms with Gasteiger partial charge in [-0.15, -0.1) is 0 Å². The predicted molar refractivity (Wildman–Crippen MR) is 78.4 cm³/mol. The molecule has 0 fully saturated rings. The van der Waals surface area contributed by atoms with Crippen molar-refractivity contribution in [2.75, 3.05) is 12.3 Å². The van der Waals surface area contributed by atoms with E-state index in [-0.39, 0.29) is 11.9 Å². The molecular weight excluding hydrogens is 240 g/mol. The van der Waals surface area contributed by atoms with E-state index in [0.717, 1.165) is 6.42 Å². The number of hydrogen-bond acceptors (Lipinski definition) is 3. The van der Waals surface area contributed by atoms with Crippen LogP contribution in [0.15, 0.2) is 18.2 Å². The summed E-state index contributed by atoms with van der Waals surface area (Å²) >= 11 is 0. The molecule has 0 aliphatic heterocycles. The number of nitrogens with two attached hydrogens (primary N) is 1. The summed E-state index contributed by atoms with van der Waals surface area (Å²) in [7, 11) is 0. The topological polar surface area (TPSA) is 64.3 Å². The highest BCUT2D eigenvalue weighted by Crippen LogP contribution is 2.26. The highest BCUT2D eigenvalue weighted by molar-refractivity contribution is 5.98. The third-order valence-corrected chi connectivity index (χ3v) is 3.14. The van der Waals surface area contributed by atoms with Crippen LogP contribution < -0.4 is 15.8 Å². The van der Waals surface area contributed by atoms with Crippen molar-refractivity contribution >= 4 is 11.6 Å². The van der Waals surface area contributed by atoms with Gasteiger partial charge in [0, 0.05) is 6.04 Å². The van der Waals surface area contributed by atoms with Gasteiger partial charge in [-0.25, -0.2) is 0 Å². The van der Waals surface area contributed by atoms with Crippen molar-refractivity contribution in [1.29, 1.82) is 0 Å². The second-order valence-corrected chi connectivity index (χ2v) is 4.89. The maximum absolute atomic E-state index is 12.3. The van der Waals surface area contributed by atoms with Crippen LogP contribution in [0.2, 0.25) is 0 Å². The average Bonchev–Trinajstić information content (AvgIpc) is 2.37. The Morgan fingerprint density at radius 2 is 2.05 bits per heavy atom. The first-order valence-corrected chi connectivity index (χ1v) is 6.83. The van der Waals surface area contributed by atoms with E-state index in [0.29, 0.717) is 29.5 Å². The summed E-state index contributed by atoms with van der Waals surface area (Å²) in [6.45, 7) is 8.61. The standard InChI is InChI=1S/C15H24N2O2/c1-5-13(10(3)4)17-15(18)11-8-7-9-12(16)14(11)19-6-2/h7-10,13H,5-6,16H2,1-4H3,(H,17,18). The number of rotatable bonds is 6. The van der Waals surface area contributed by atoms with Crippen molar-refractivity contribution < 1.29 is 9.53 Å². The number of hydrogen-bond donors (Lipinski definition) is 2. The zero-order chi connectivity index (χ0) is 14.4. The number of benzene rings is 1. The normalized spacial score (nSPS) is 12.3. The van der Waals surface area contributed by atoms with Gasteiger partial charge in [0.25, 0.3) is 5.91 Å². The number of carbonyl (C=O) groups is 1. The number of ether oxygens (including phenoxy) is 1. The summed E-state index contributed by atoms with van der Waals surface area (Å²) in [6.07, 6.45) is 0.899. The zero-order valence-electron chi connectivity index (χ0n) is 12.2. The van der Waals surface area contributed by atoms with Crippen molar-refractivity contribution in [3.63, 3.8) is 0 Å². The molecule has 0 aliphatic rings. The van der Waals surface area contributed by atoms with E-state index in [4.69, 9.17) is 10.5 Å². The maximum atomic E-state index is 12.3. The van der Waals surface area contributed by atoms with E-state index in [1.54, 1.807) is 18.2 Å². The van der Waals surface area contributed by atoms with Gasteiger partial charge in [-0.2, -0.15) is 0 Å². The summed E-state index contributed by atoms with van der Waals surface area (Å²) in [4.78, 5) is 12.3. The Labute approximate surface area is 115 Å². The summed E-state index contributed by atoms with van der Waals surface area (Å²) < 4.78 is 5.48. The average molecular weight is 264 g/mol. The van der Waals surface area contributed by atoms with E-state index in [2.05, 4.69) is 26.1 Å². The van der Waals surface area contributed by atoms with Gasteiger partial charge < -0.3 is 15.8 Å².